The van der Waals surface area contributed by atoms with Gasteiger partial charge in [-0.05, 0) is 37.5 Å². The third kappa shape index (κ3) is 4.23. The summed E-state index contributed by atoms with van der Waals surface area (Å²) in [5.41, 5.74) is 2.84. The standard InChI is InChI=1S/C19H28N4O/c1-15(16(2)23-10-5-9-21-23)20-12-19(24)14-22-11-8-17-6-3-4-7-18(17)13-22/h3-7,9-10,15-16,19-20,24H,8,11-14H2,1-2H3/t15-,16-,19-/m0/s1. The number of β-amino-alcohol motifs (C(OH)–C–C–N with tert-alkyl or cyclic N) is 1. The summed E-state index contributed by atoms with van der Waals surface area (Å²) in [6.45, 7) is 7.55. The van der Waals surface area contributed by atoms with Gasteiger partial charge in [-0.3, -0.25) is 9.58 Å². The van der Waals surface area contributed by atoms with Gasteiger partial charge in [0, 0.05) is 44.6 Å². The lowest BCUT2D eigenvalue weighted by atomic mass is 10.00. The van der Waals surface area contributed by atoms with Crippen LogP contribution in [0.15, 0.2) is 42.7 Å². The molecule has 2 heterocycles. The highest BCUT2D eigenvalue weighted by Gasteiger charge is 2.20. The van der Waals surface area contributed by atoms with E-state index in [1.807, 2.05) is 16.9 Å². The molecule has 0 aliphatic carbocycles. The third-order valence-corrected chi connectivity index (χ3v) is 5.02. The minimum Gasteiger partial charge on any atom is -0.390 e. The number of aromatic nitrogens is 2. The van der Waals surface area contributed by atoms with Crippen LogP contribution < -0.4 is 5.32 Å². The van der Waals surface area contributed by atoms with Crippen LogP contribution in [0.2, 0.25) is 0 Å². The first-order chi connectivity index (χ1) is 11.6. The van der Waals surface area contributed by atoms with E-state index < -0.39 is 0 Å². The van der Waals surface area contributed by atoms with Crippen LogP contribution >= 0.6 is 0 Å². The summed E-state index contributed by atoms with van der Waals surface area (Å²) >= 11 is 0. The number of rotatable bonds is 7. The Kier molecular flexibility index (Phi) is 5.66. The van der Waals surface area contributed by atoms with Gasteiger partial charge in [0.25, 0.3) is 0 Å². The Bertz CT molecular complexity index is 628. The SMILES string of the molecule is C[C@H](NC[C@H](O)CN1CCc2ccccc2C1)[C@H](C)n1cccn1. The lowest BCUT2D eigenvalue weighted by molar-refractivity contribution is 0.100. The molecule has 5 heteroatoms. The fourth-order valence-electron chi connectivity index (χ4n) is 3.32. The minimum atomic E-state index is -0.359. The quantitative estimate of drug-likeness (QED) is 0.814. The monoisotopic (exact) mass is 328 g/mol. The largest absolute Gasteiger partial charge is 0.390 e. The maximum Gasteiger partial charge on any atom is 0.0791 e. The fourth-order valence-corrected chi connectivity index (χ4v) is 3.32. The zero-order valence-corrected chi connectivity index (χ0v) is 14.6. The number of nitrogens with one attached hydrogen (secondary N) is 1. The second-order valence-corrected chi connectivity index (χ2v) is 6.83. The molecule has 0 unspecified atom stereocenters. The molecule has 130 valence electrons. The maximum atomic E-state index is 10.4. The van der Waals surface area contributed by atoms with Crippen LogP contribution in [0.3, 0.4) is 0 Å². The molecule has 1 aromatic heterocycles. The predicted octanol–water partition coefficient (Wildman–Crippen LogP) is 1.84. The first kappa shape index (κ1) is 17.1. The summed E-state index contributed by atoms with van der Waals surface area (Å²) in [5, 5.41) is 18.1. The van der Waals surface area contributed by atoms with E-state index in [2.05, 4.69) is 53.4 Å². The van der Waals surface area contributed by atoms with E-state index in [1.165, 1.54) is 11.1 Å². The van der Waals surface area contributed by atoms with E-state index in [1.54, 1.807) is 6.20 Å². The first-order valence-electron chi connectivity index (χ1n) is 8.83. The molecule has 0 spiro atoms. The van der Waals surface area contributed by atoms with Crippen molar-refractivity contribution in [3.05, 3.63) is 53.9 Å². The predicted molar refractivity (Wildman–Crippen MR) is 95.8 cm³/mol. The van der Waals surface area contributed by atoms with E-state index in [9.17, 15) is 5.11 Å². The Labute approximate surface area is 144 Å². The molecule has 1 aromatic carbocycles. The average Bonchev–Trinajstić information content (AvgIpc) is 3.13. The summed E-state index contributed by atoms with van der Waals surface area (Å²) in [4.78, 5) is 2.34. The van der Waals surface area contributed by atoms with Crippen molar-refractivity contribution in [1.82, 2.24) is 20.0 Å². The summed E-state index contributed by atoms with van der Waals surface area (Å²) in [6.07, 6.45) is 4.49. The highest BCUT2D eigenvalue weighted by molar-refractivity contribution is 5.29. The van der Waals surface area contributed by atoms with Gasteiger partial charge in [0.15, 0.2) is 0 Å². The Morgan fingerprint density at radius 1 is 1.21 bits per heavy atom. The van der Waals surface area contributed by atoms with Gasteiger partial charge in [-0.1, -0.05) is 24.3 Å². The number of fused-ring (bicyclic) bond motifs is 1. The minimum absolute atomic E-state index is 0.252. The molecule has 1 aliphatic heterocycles. The number of aliphatic hydroxyl groups is 1. The van der Waals surface area contributed by atoms with Crippen LogP contribution in [0.5, 0.6) is 0 Å². The summed E-state index contributed by atoms with van der Waals surface area (Å²) in [7, 11) is 0. The molecule has 0 amide bonds. The number of hydrogen-bond acceptors (Lipinski definition) is 4. The normalized spacial score (nSPS) is 18.8. The molecule has 2 aromatic rings. The number of hydrogen-bond donors (Lipinski definition) is 2. The highest BCUT2D eigenvalue weighted by Crippen LogP contribution is 2.18. The Hall–Kier alpha value is -1.69. The van der Waals surface area contributed by atoms with Gasteiger partial charge < -0.3 is 10.4 Å². The van der Waals surface area contributed by atoms with Crippen molar-refractivity contribution in [2.75, 3.05) is 19.6 Å². The van der Waals surface area contributed by atoms with E-state index >= 15 is 0 Å². The van der Waals surface area contributed by atoms with Crippen LogP contribution in [0.1, 0.15) is 31.0 Å². The van der Waals surface area contributed by atoms with Crippen LogP contribution in [0.4, 0.5) is 0 Å². The van der Waals surface area contributed by atoms with Crippen molar-refractivity contribution in [2.24, 2.45) is 0 Å². The molecule has 24 heavy (non-hydrogen) atoms. The van der Waals surface area contributed by atoms with Gasteiger partial charge in [0.05, 0.1) is 12.1 Å². The molecule has 2 N–H and O–H groups in total. The van der Waals surface area contributed by atoms with Crippen molar-refractivity contribution in [2.45, 2.75) is 45.0 Å². The van der Waals surface area contributed by atoms with Crippen molar-refractivity contribution in [3.63, 3.8) is 0 Å². The van der Waals surface area contributed by atoms with Crippen LogP contribution in [0.25, 0.3) is 0 Å². The third-order valence-electron chi connectivity index (χ3n) is 5.02. The van der Waals surface area contributed by atoms with Gasteiger partial charge in [-0.15, -0.1) is 0 Å². The van der Waals surface area contributed by atoms with E-state index in [0.29, 0.717) is 13.1 Å². The second kappa shape index (κ2) is 7.92. The van der Waals surface area contributed by atoms with Gasteiger partial charge in [-0.25, -0.2) is 0 Å². The zero-order chi connectivity index (χ0) is 16.9. The summed E-state index contributed by atoms with van der Waals surface area (Å²) in [5.74, 6) is 0. The van der Waals surface area contributed by atoms with Gasteiger partial charge in [-0.2, -0.15) is 5.10 Å². The number of aliphatic hydroxyl groups excluding tert-OH is 1. The van der Waals surface area contributed by atoms with Crippen molar-refractivity contribution < 1.29 is 5.11 Å². The molecule has 3 atom stereocenters. The molecule has 5 nitrogen and oxygen atoms in total. The highest BCUT2D eigenvalue weighted by atomic mass is 16.3. The molecule has 3 rings (SSSR count). The van der Waals surface area contributed by atoms with Crippen molar-refractivity contribution in [3.8, 4) is 0 Å². The smallest absolute Gasteiger partial charge is 0.0791 e. The van der Waals surface area contributed by atoms with Crippen LogP contribution in [-0.2, 0) is 13.0 Å². The first-order valence-corrected chi connectivity index (χ1v) is 8.83. The van der Waals surface area contributed by atoms with E-state index in [-0.39, 0.29) is 18.2 Å². The van der Waals surface area contributed by atoms with Crippen molar-refractivity contribution >= 4 is 0 Å². The summed E-state index contributed by atoms with van der Waals surface area (Å²) < 4.78 is 1.95. The molecule has 0 fully saturated rings. The Morgan fingerprint density at radius 2 is 2.00 bits per heavy atom. The van der Waals surface area contributed by atoms with Crippen molar-refractivity contribution in [1.29, 1.82) is 0 Å². The maximum absolute atomic E-state index is 10.4. The van der Waals surface area contributed by atoms with Gasteiger partial charge in [0.2, 0.25) is 0 Å². The van der Waals surface area contributed by atoms with Crippen LogP contribution in [-0.4, -0.2) is 51.6 Å². The molecule has 0 radical (unpaired) electrons. The molecule has 0 saturated heterocycles. The van der Waals surface area contributed by atoms with E-state index in [0.717, 1.165) is 19.5 Å². The average molecular weight is 328 g/mol. The molecular formula is C19H28N4O. The lowest BCUT2D eigenvalue weighted by Gasteiger charge is -2.31. The molecular weight excluding hydrogens is 300 g/mol. The summed E-state index contributed by atoms with van der Waals surface area (Å²) in [6, 6.07) is 11.1. The molecule has 1 aliphatic rings. The Morgan fingerprint density at radius 3 is 2.75 bits per heavy atom. The zero-order valence-electron chi connectivity index (χ0n) is 14.6. The van der Waals surface area contributed by atoms with Gasteiger partial charge >= 0.3 is 0 Å². The fraction of sp³-hybridized carbons (Fsp3) is 0.526. The van der Waals surface area contributed by atoms with Gasteiger partial charge in [0.1, 0.15) is 0 Å². The Balaban J connectivity index is 1.44. The lowest BCUT2D eigenvalue weighted by Crippen LogP contribution is -2.44. The topological polar surface area (TPSA) is 53.3 Å². The number of nitrogens with zero attached hydrogens (tertiary/aromatic N) is 3. The van der Waals surface area contributed by atoms with E-state index in [4.69, 9.17) is 0 Å². The van der Waals surface area contributed by atoms with Crippen LogP contribution in [0, 0.1) is 0 Å². The molecule has 0 bridgehead atoms. The second-order valence-electron chi connectivity index (χ2n) is 6.83. The number of benzene rings is 1. The molecule has 0 saturated carbocycles.